The summed E-state index contributed by atoms with van der Waals surface area (Å²) in [5.41, 5.74) is 0. The molecule has 0 heterocycles. The van der Waals surface area contributed by atoms with Gasteiger partial charge >= 0.3 is 6.18 Å². The molecule has 1 amide bonds. The molecular weight excluding hydrogens is 235 g/mol. The molecule has 2 saturated carbocycles. The van der Waals surface area contributed by atoms with Crippen LogP contribution in [0.3, 0.4) is 0 Å². The molecular formula is C11H14F3NO2. The SMILES string of the molecule is O=C(CC(F)(F)F)NCC(=O)C1[C@H]2CCC[C@@H]12. The quantitative estimate of drug-likeness (QED) is 0.823. The summed E-state index contributed by atoms with van der Waals surface area (Å²) in [7, 11) is 0. The Morgan fingerprint density at radius 2 is 1.76 bits per heavy atom. The van der Waals surface area contributed by atoms with E-state index >= 15 is 0 Å². The number of fused-ring (bicyclic) bond motifs is 1. The second kappa shape index (κ2) is 4.31. The lowest BCUT2D eigenvalue weighted by Gasteiger charge is -2.07. The van der Waals surface area contributed by atoms with Gasteiger partial charge < -0.3 is 5.32 Å². The number of halogens is 3. The van der Waals surface area contributed by atoms with Gasteiger partial charge in [-0.15, -0.1) is 0 Å². The molecule has 6 heteroatoms. The fourth-order valence-corrected chi connectivity index (χ4v) is 2.85. The van der Waals surface area contributed by atoms with E-state index in [2.05, 4.69) is 0 Å². The first-order valence-corrected chi connectivity index (χ1v) is 5.74. The van der Waals surface area contributed by atoms with E-state index in [0.29, 0.717) is 11.8 Å². The van der Waals surface area contributed by atoms with E-state index in [4.69, 9.17) is 0 Å². The zero-order chi connectivity index (χ0) is 12.6. The summed E-state index contributed by atoms with van der Waals surface area (Å²) >= 11 is 0. The zero-order valence-electron chi connectivity index (χ0n) is 9.22. The van der Waals surface area contributed by atoms with Crippen LogP contribution in [0.25, 0.3) is 0 Å². The van der Waals surface area contributed by atoms with Crippen LogP contribution in [0.1, 0.15) is 25.7 Å². The van der Waals surface area contributed by atoms with Crippen molar-refractivity contribution in [1.29, 1.82) is 0 Å². The normalized spacial score (nSPS) is 30.9. The van der Waals surface area contributed by atoms with Crippen molar-refractivity contribution in [3.8, 4) is 0 Å². The highest BCUT2D eigenvalue weighted by Crippen LogP contribution is 2.57. The van der Waals surface area contributed by atoms with E-state index in [1.165, 1.54) is 0 Å². The van der Waals surface area contributed by atoms with Crippen LogP contribution in [0.2, 0.25) is 0 Å². The van der Waals surface area contributed by atoms with E-state index in [-0.39, 0.29) is 18.2 Å². The van der Waals surface area contributed by atoms with Crippen molar-refractivity contribution in [2.75, 3.05) is 6.54 Å². The van der Waals surface area contributed by atoms with Gasteiger partial charge in [0.1, 0.15) is 6.42 Å². The standard InChI is InChI=1S/C11H14F3NO2/c12-11(13,14)4-9(17)15-5-8(16)10-6-2-1-3-7(6)10/h6-7,10H,1-5H2,(H,15,17)/t6-,7+,10?. The third-order valence-corrected chi connectivity index (χ3v) is 3.60. The van der Waals surface area contributed by atoms with Crippen molar-refractivity contribution in [3.05, 3.63) is 0 Å². The number of nitrogens with one attached hydrogen (secondary N) is 1. The topological polar surface area (TPSA) is 46.2 Å². The van der Waals surface area contributed by atoms with Crippen molar-refractivity contribution < 1.29 is 22.8 Å². The number of carbonyl (C=O) groups excluding carboxylic acids is 2. The van der Waals surface area contributed by atoms with Crippen LogP contribution in [0.4, 0.5) is 13.2 Å². The van der Waals surface area contributed by atoms with Crippen molar-refractivity contribution in [2.45, 2.75) is 31.9 Å². The average Bonchev–Trinajstić information content (AvgIpc) is 2.66. The molecule has 96 valence electrons. The molecule has 17 heavy (non-hydrogen) atoms. The van der Waals surface area contributed by atoms with E-state index in [1.807, 2.05) is 5.32 Å². The lowest BCUT2D eigenvalue weighted by atomic mass is 10.1. The molecule has 2 rings (SSSR count). The van der Waals surface area contributed by atoms with E-state index in [9.17, 15) is 22.8 Å². The van der Waals surface area contributed by atoms with Crippen LogP contribution in [0.15, 0.2) is 0 Å². The fourth-order valence-electron chi connectivity index (χ4n) is 2.85. The third-order valence-electron chi connectivity index (χ3n) is 3.60. The molecule has 3 nitrogen and oxygen atoms in total. The van der Waals surface area contributed by atoms with Gasteiger partial charge in [0.05, 0.1) is 6.54 Å². The Morgan fingerprint density at radius 1 is 1.18 bits per heavy atom. The van der Waals surface area contributed by atoms with Gasteiger partial charge in [-0.3, -0.25) is 9.59 Å². The fraction of sp³-hybridized carbons (Fsp3) is 0.818. The number of alkyl halides is 3. The van der Waals surface area contributed by atoms with Crippen LogP contribution >= 0.6 is 0 Å². The Balaban J connectivity index is 1.69. The molecule has 0 saturated heterocycles. The minimum Gasteiger partial charge on any atom is -0.349 e. The number of hydrogen-bond donors (Lipinski definition) is 1. The Bertz CT molecular complexity index is 330. The highest BCUT2D eigenvalue weighted by molar-refractivity contribution is 5.90. The van der Waals surface area contributed by atoms with Crippen LogP contribution in [-0.4, -0.2) is 24.4 Å². The van der Waals surface area contributed by atoms with Gasteiger partial charge in [-0.05, 0) is 24.7 Å². The molecule has 1 N–H and O–H groups in total. The van der Waals surface area contributed by atoms with Gasteiger partial charge in [0.15, 0.2) is 5.78 Å². The maximum atomic E-state index is 11.8. The van der Waals surface area contributed by atoms with Crippen LogP contribution < -0.4 is 5.32 Å². The Labute approximate surface area is 96.7 Å². The summed E-state index contributed by atoms with van der Waals surface area (Å²) in [6.45, 7) is -0.257. The molecule has 0 aromatic rings. The molecule has 2 aliphatic carbocycles. The van der Waals surface area contributed by atoms with Gasteiger partial charge in [-0.25, -0.2) is 0 Å². The maximum absolute atomic E-state index is 11.8. The smallest absolute Gasteiger partial charge is 0.349 e. The first kappa shape index (κ1) is 12.4. The minimum atomic E-state index is -4.51. The summed E-state index contributed by atoms with van der Waals surface area (Å²) in [5, 5.41) is 2.04. The summed E-state index contributed by atoms with van der Waals surface area (Å²) in [6, 6.07) is 0. The van der Waals surface area contributed by atoms with E-state index in [1.54, 1.807) is 0 Å². The summed E-state index contributed by atoms with van der Waals surface area (Å²) in [4.78, 5) is 22.5. The predicted molar refractivity (Wildman–Crippen MR) is 53.0 cm³/mol. The van der Waals surface area contributed by atoms with Gasteiger partial charge in [-0.2, -0.15) is 13.2 Å². The third kappa shape index (κ3) is 2.98. The highest BCUT2D eigenvalue weighted by Gasteiger charge is 2.55. The minimum absolute atomic E-state index is 0.00469. The van der Waals surface area contributed by atoms with Crippen molar-refractivity contribution in [1.82, 2.24) is 5.32 Å². The number of hydrogen-bond acceptors (Lipinski definition) is 2. The second-order valence-electron chi connectivity index (χ2n) is 4.82. The van der Waals surface area contributed by atoms with Gasteiger partial charge in [0.2, 0.25) is 5.91 Å². The number of carbonyl (C=O) groups is 2. The molecule has 0 spiro atoms. The van der Waals surface area contributed by atoms with Gasteiger partial charge in [0.25, 0.3) is 0 Å². The summed E-state index contributed by atoms with van der Waals surface area (Å²) in [5.74, 6) is -0.383. The van der Waals surface area contributed by atoms with E-state index in [0.717, 1.165) is 19.3 Å². The van der Waals surface area contributed by atoms with Crippen LogP contribution in [0.5, 0.6) is 0 Å². The van der Waals surface area contributed by atoms with Gasteiger partial charge in [0, 0.05) is 5.92 Å². The Kier molecular flexibility index (Phi) is 3.14. The Hall–Kier alpha value is -1.07. The lowest BCUT2D eigenvalue weighted by molar-refractivity contribution is -0.154. The molecule has 1 unspecified atom stereocenters. The van der Waals surface area contributed by atoms with Crippen molar-refractivity contribution >= 4 is 11.7 Å². The molecule has 0 aromatic heterocycles. The number of amides is 1. The zero-order valence-corrected chi connectivity index (χ0v) is 9.22. The number of ketones is 1. The molecule has 0 bridgehead atoms. The molecule has 0 aromatic carbocycles. The molecule has 0 aliphatic heterocycles. The monoisotopic (exact) mass is 249 g/mol. The molecule has 2 aliphatic rings. The predicted octanol–water partition coefficient (Wildman–Crippen LogP) is 1.67. The van der Waals surface area contributed by atoms with Gasteiger partial charge in [-0.1, -0.05) is 6.42 Å². The van der Waals surface area contributed by atoms with E-state index < -0.39 is 18.5 Å². The van der Waals surface area contributed by atoms with Crippen LogP contribution in [-0.2, 0) is 9.59 Å². The summed E-state index contributed by atoms with van der Waals surface area (Å²) in [6.07, 6.45) is -2.81. The first-order chi connectivity index (χ1) is 7.88. The number of Topliss-reactive ketones (excluding diaryl/α,β-unsaturated/α-hetero) is 1. The molecule has 2 fully saturated rings. The molecule has 3 atom stereocenters. The lowest BCUT2D eigenvalue weighted by Crippen LogP contribution is -2.33. The highest BCUT2D eigenvalue weighted by atomic mass is 19.4. The van der Waals surface area contributed by atoms with Crippen molar-refractivity contribution in [3.63, 3.8) is 0 Å². The van der Waals surface area contributed by atoms with Crippen molar-refractivity contribution in [2.24, 2.45) is 17.8 Å². The average molecular weight is 249 g/mol. The largest absolute Gasteiger partial charge is 0.397 e. The number of rotatable bonds is 4. The maximum Gasteiger partial charge on any atom is 0.397 e. The first-order valence-electron chi connectivity index (χ1n) is 5.74. The molecule has 0 radical (unpaired) electrons. The summed E-state index contributed by atoms with van der Waals surface area (Å²) < 4.78 is 35.5. The van der Waals surface area contributed by atoms with Crippen LogP contribution in [0, 0.1) is 17.8 Å². The second-order valence-corrected chi connectivity index (χ2v) is 4.82. The Morgan fingerprint density at radius 3 is 2.29 bits per heavy atom.